The van der Waals surface area contributed by atoms with Crippen LogP contribution in [0.25, 0.3) is 0 Å². The summed E-state index contributed by atoms with van der Waals surface area (Å²) in [5, 5.41) is -0.424. The molecule has 0 heterocycles. The smallest absolute Gasteiger partial charge is 0.370 e. The summed E-state index contributed by atoms with van der Waals surface area (Å²) in [6, 6.07) is 0. The molecule has 0 aromatic carbocycles. The molecule has 0 N–H and O–H groups in total. The first-order valence-electron chi connectivity index (χ1n) is 4.82. The molecule has 5 heteroatoms. The van der Waals surface area contributed by atoms with Crippen molar-refractivity contribution in [1.29, 1.82) is 0 Å². The van der Waals surface area contributed by atoms with Gasteiger partial charge in [-0.2, -0.15) is 0 Å². The molecule has 0 rings (SSSR count). The molecular formula is C10H18O4S. The molecule has 0 amide bonds. The van der Waals surface area contributed by atoms with Crippen molar-refractivity contribution in [3.8, 4) is 0 Å². The normalized spacial score (nSPS) is 13.1. The highest BCUT2D eigenvalue weighted by molar-refractivity contribution is 8.13. The Morgan fingerprint density at radius 3 is 2.20 bits per heavy atom. The van der Waals surface area contributed by atoms with Crippen LogP contribution in [0.3, 0.4) is 0 Å². The fourth-order valence-corrected chi connectivity index (χ4v) is 1.08. The van der Waals surface area contributed by atoms with Crippen LogP contribution in [0.4, 0.5) is 4.79 Å². The minimum atomic E-state index is -0.830. The molecule has 0 aromatic heterocycles. The number of carbonyl (C=O) groups excluding carboxylic acids is 2. The first-order valence-corrected chi connectivity index (χ1v) is 5.80. The highest BCUT2D eigenvalue weighted by Crippen LogP contribution is 2.17. The van der Waals surface area contributed by atoms with Crippen molar-refractivity contribution >= 4 is 23.0 Å². The summed E-state index contributed by atoms with van der Waals surface area (Å²) >= 11 is 1.04. The van der Waals surface area contributed by atoms with Gasteiger partial charge in [-0.1, -0.05) is 6.92 Å². The lowest BCUT2D eigenvalue weighted by Gasteiger charge is -2.20. The van der Waals surface area contributed by atoms with Crippen molar-refractivity contribution < 1.29 is 19.1 Å². The molecule has 0 spiro atoms. The van der Waals surface area contributed by atoms with Gasteiger partial charge in [-0.15, -0.1) is 0 Å². The summed E-state index contributed by atoms with van der Waals surface area (Å²) < 4.78 is 9.77. The van der Waals surface area contributed by atoms with Crippen molar-refractivity contribution in [2.75, 3.05) is 5.75 Å². The van der Waals surface area contributed by atoms with Gasteiger partial charge in [0.05, 0.1) is 5.41 Å². The van der Waals surface area contributed by atoms with Gasteiger partial charge in [-0.25, -0.2) is 4.79 Å². The fraction of sp³-hybridized carbons (Fsp3) is 0.800. The Kier molecular flexibility index (Phi) is 5.72. The molecule has 88 valence electrons. The van der Waals surface area contributed by atoms with E-state index in [9.17, 15) is 9.59 Å². The largest absolute Gasteiger partial charge is 0.425 e. The van der Waals surface area contributed by atoms with Crippen molar-refractivity contribution in [3.05, 3.63) is 0 Å². The maximum absolute atomic E-state index is 11.4. The molecule has 15 heavy (non-hydrogen) atoms. The average Bonchev–Trinajstić information content (AvgIpc) is 2.01. The van der Waals surface area contributed by atoms with Crippen LogP contribution in [0.5, 0.6) is 0 Å². The van der Waals surface area contributed by atoms with Crippen LogP contribution in [0.15, 0.2) is 0 Å². The minimum Gasteiger partial charge on any atom is -0.425 e. The zero-order chi connectivity index (χ0) is 12.1. The Labute approximate surface area is 94.7 Å². The van der Waals surface area contributed by atoms with Gasteiger partial charge in [0, 0.05) is 12.7 Å². The Bertz CT molecular complexity index is 232. The second-order valence-electron chi connectivity index (χ2n) is 4.02. The van der Waals surface area contributed by atoms with Crippen LogP contribution >= 0.6 is 11.8 Å². The molecule has 0 aliphatic rings. The lowest BCUT2D eigenvalue weighted by atomic mass is 9.97. The van der Waals surface area contributed by atoms with Crippen LogP contribution in [0, 0.1) is 5.41 Å². The fourth-order valence-electron chi connectivity index (χ4n) is 0.639. The summed E-state index contributed by atoms with van der Waals surface area (Å²) in [5.74, 6) is 0.253. The number of thioether (sulfide) groups is 1. The van der Waals surface area contributed by atoms with E-state index in [1.807, 2.05) is 6.92 Å². The van der Waals surface area contributed by atoms with Gasteiger partial charge in [0.2, 0.25) is 6.29 Å². The van der Waals surface area contributed by atoms with E-state index in [1.165, 1.54) is 6.92 Å². The predicted octanol–water partition coefficient (Wildman–Crippen LogP) is 2.81. The summed E-state index contributed by atoms with van der Waals surface area (Å²) in [6.07, 6.45) is -0.830. The third-order valence-electron chi connectivity index (χ3n) is 1.41. The highest BCUT2D eigenvalue weighted by atomic mass is 32.2. The zero-order valence-electron chi connectivity index (χ0n) is 9.83. The first kappa shape index (κ1) is 14.3. The maximum Gasteiger partial charge on any atom is 0.370 e. The van der Waals surface area contributed by atoms with Gasteiger partial charge in [0.15, 0.2) is 0 Å². The van der Waals surface area contributed by atoms with Crippen LogP contribution in [-0.4, -0.2) is 23.3 Å². The SMILES string of the molecule is CCSC(=O)OC(C)OC(=O)C(C)(C)C. The summed E-state index contributed by atoms with van der Waals surface area (Å²) in [6.45, 7) is 8.59. The molecule has 0 saturated heterocycles. The molecular weight excluding hydrogens is 216 g/mol. The van der Waals surface area contributed by atoms with Gasteiger partial charge < -0.3 is 9.47 Å². The number of ether oxygens (including phenoxy) is 2. The maximum atomic E-state index is 11.4. The zero-order valence-corrected chi connectivity index (χ0v) is 10.6. The molecule has 1 atom stereocenters. The van der Waals surface area contributed by atoms with E-state index < -0.39 is 17.0 Å². The molecule has 0 bridgehead atoms. The molecule has 1 unspecified atom stereocenters. The van der Waals surface area contributed by atoms with Gasteiger partial charge in [-0.3, -0.25) is 4.79 Å². The average molecular weight is 234 g/mol. The topological polar surface area (TPSA) is 52.6 Å². The lowest BCUT2D eigenvalue weighted by molar-refractivity contribution is -0.173. The van der Waals surface area contributed by atoms with Crippen LogP contribution in [0.2, 0.25) is 0 Å². The number of carbonyl (C=O) groups is 2. The van der Waals surface area contributed by atoms with E-state index in [1.54, 1.807) is 20.8 Å². The molecule has 0 fully saturated rings. The van der Waals surface area contributed by atoms with Crippen molar-refractivity contribution in [2.24, 2.45) is 5.41 Å². The van der Waals surface area contributed by atoms with Gasteiger partial charge in [-0.05, 0) is 32.5 Å². The molecule has 0 radical (unpaired) electrons. The Morgan fingerprint density at radius 2 is 1.80 bits per heavy atom. The van der Waals surface area contributed by atoms with Gasteiger partial charge in [0.25, 0.3) is 0 Å². The Hall–Kier alpha value is -0.710. The monoisotopic (exact) mass is 234 g/mol. The molecule has 0 aromatic rings. The molecule has 0 aliphatic heterocycles. The van der Waals surface area contributed by atoms with E-state index in [0.29, 0.717) is 5.75 Å². The number of hydrogen-bond acceptors (Lipinski definition) is 5. The van der Waals surface area contributed by atoms with Crippen molar-refractivity contribution in [2.45, 2.75) is 40.9 Å². The lowest BCUT2D eigenvalue weighted by Crippen LogP contribution is -2.28. The van der Waals surface area contributed by atoms with Gasteiger partial charge in [0.1, 0.15) is 0 Å². The van der Waals surface area contributed by atoms with Crippen LogP contribution in [-0.2, 0) is 14.3 Å². The van der Waals surface area contributed by atoms with Crippen LogP contribution in [0.1, 0.15) is 34.6 Å². The van der Waals surface area contributed by atoms with Crippen molar-refractivity contribution in [3.63, 3.8) is 0 Å². The minimum absolute atomic E-state index is 0.385. The number of esters is 1. The van der Waals surface area contributed by atoms with Crippen molar-refractivity contribution in [1.82, 2.24) is 0 Å². The Morgan fingerprint density at radius 1 is 1.27 bits per heavy atom. The second kappa shape index (κ2) is 6.00. The Balaban J connectivity index is 3.99. The first-order chi connectivity index (χ1) is 6.77. The molecule has 0 saturated carbocycles. The van der Waals surface area contributed by atoms with E-state index >= 15 is 0 Å². The van der Waals surface area contributed by atoms with E-state index in [-0.39, 0.29) is 5.97 Å². The van der Waals surface area contributed by atoms with Gasteiger partial charge >= 0.3 is 11.3 Å². The highest BCUT2D eigenvalue weighted by Gasteiger charge is 2.26. The summed E-state index contributed by atoms with van der Waals surface area (Å²) in [4.78, 5) is 22.4. The molecule has 0 aliphatic carbocycles. The second-order valence-corrected chi connectivity index (χ2v) is 5.22. The number of rotatable bonds is 3. The summed E-state index contributed by atoms with van der Waals surface area (Å²) in [7, 11) is 0. The van der Waals surface area contributed by atoms with E-state index in [2.05, 4.69) is 0 Å². The van der Waals surface area contributed by atoms with E-state index in [4.69, 9.17) is 9.47 Å². The standard InChI is InChI=1S/C10H18O4S/c1-6-15-9(12)14-7(2)13-8(11)10(3,4)5/h7H,6H2,1-5H3. The quantitative estimate of drug-likeness (QED) is 0.555. The van der Waals surface area contributed by atoms with E-state index in [0.717, 1.165) is 11.8 Å². The third kappa shape index (κ3) is 6.38. The molecule has 4 nitrogen and oxygen atoms in total. The third-order valence-corrected chi connectivity index (χ3v) is 2.03. The van der Waals surface area contributed by atoms with Crippen LogP contribution < -0.4 is 0 Å². The number of hydrogen-bond donors (Lipinski definition) is 0. The summed E-state index contributed by atoms with van der Waals surface area (Å²) in [5.41, 5.74) is -0.585. The predicted molar refractivity (Wildman–Crippen MR) is 59.6 cm³/mol.